The van der Waals surface area contributed by atoms with Crippen molar-refractivity contribution in [2.75, 3.05) is 11.9 Å². The van der Waals surface area contributed by atoms with Gasteiger partial charge in [-0.15, -0.1) is 10.2 Å². The van der Waals surface area contributed by atoms with Crippen LogP contribution in [-0.4, -0.2) is 36.6 Å². The lowest BCUT2D eigenvalue weighted by Crippen LogP contribution is -2.52. The highest BCUT2D eigenvalue weighted by molar-refractivity contribution is 7.91. The van der Waals surface area contributed by atoms with Crippen LogP contribution in [0.1, 0.15) is 33.6 Å². The van der Waals surface area contributed by atoms with E-state index in [1.807, 2.05) is 13.8 Å². The molecule has 1 heterocycles. The Morgan fingerprint density at radius 3 is 2.40 bits per heavy atom. The monoisotopic (exact) mass is 321 g/mol. The molecule has 10 heteroatoms. The molecule has 0 aliphatic carbocycles. The number of aromatic nitrogens is 2. The van der Waals surface area contributed by atoms with Gasteiger partial charge in [0.2, 0.25) is 15.4 Å². The zero-order valence-electron chi connectivity index (χ0n) is 11.6. The van der Waals surface area contributed by atoms with Crippen LogP contribution in [0.4, 0.5) is 5.13 Å². The molecule has 1 aromatic heterocycles. The molecule has 0 aliphatic rings. The molecule has 0 aromatic carbocycles. The van der Waals surface area contributed by atoms with Crippen molar-refractivity contribution in [1.82, 2.24) is 14.9 Å². The van der Waals surface area contributed by atoms with E-state index in [1.54, 1.807) is 0 Å². The van der Waals surface area contributed by atoms with Gasteiger partial charge in [0, 0.05) is 19.0 Å². The number of anilines is 1. The first-order valence-corrected chi connectivity index (χ1v) is 8.43. The average molecular weight is 321 g/mol. The predicted molar refractivity (Wildman–Crippen MR) is 76.9 cm³/mol. The van der Waals surface area contributed by atoms with Crippen molar-refractivity contribution in [3.63, 3.8) is 0 Å². The third-order valence-corrected chi connectivity index (χ3v) is 5.80. The number of nitrogens with zero attached hydrogens (tertiary/aromatic N) is 2. The molecule has 0 saturated heterocycles. The van der Waals surface area contributed by atoms with Gasteiger partial charge in [0.05, 0.1) is 0 Å². The van der Waals surface area contributed by atoms with E-state index in [4.69, 9.17) is 5.73 Å². The van der Waals surface area contributed by atoms with Crippen molar-refractivity contribution in [2.45, 2.75) is 43.5 Å². The van der Waals surface area contributed by atoms with Crippen LogP contribution < -0.4 is 15.8 Å². The van der Waals surface area contributed by atoms with Gasteiger partial charge >= 0.3 is 0 Å². The smallest absolute Gasteiger partial charge is 0.270 e. The summed E-state index contributed by atoms with van der Waals surface area (Å²) in [4.78, 5) is 10.9. The highest BCUT2D eigenvalue weighted by Gasteiger charge is 2.32. The van der Waals surface area contributed by atoms with Gasteiger partial charge in [-0.1, -0.05) is 25.2 Å². The molecule has 20 heavy (non-hydrogen) atoms. The SMILES string of the molecule is CCC(CC)(CN)NS(=O)(=O)c1nnc(NC(C)=O)s1. The largest absolute Gasteiger partial charge is 0.329 e. The summed E-state index contributed by atoms with van der Waals surface area (Å²) in [5, 5.41) is 9.74. The lowest BCUT2D eigenvalue weighted by molar-refractivity contribution is -0.114. The van der Waals surface area contributed by atoms with Crippen molar-refractivity contribution >= 4 is 32.4 Å². The molecule has 1 amide bonds. The van der Waals surface area contributed by atoms with Crippen LogP contribution >= 0.6 is 11.3 Å². The lowest BCUT2D eigenvalue weighted by Gasteiger charge is -2.30. The molecule has 0 aliphatic heterocycles. The van der Waals surface area contributed by atoms with Crippen LogP contribution in [0.2, 0.25) is 0 Å². The quantitative estimate of drug-likeness (QED) is 0.620. The number of nitrogens with two attached hydrogens (primary N) is 1. The number of nitrogens with one attached hydrogen (secondary N) is 2. The molecule has 0 atom stereocenters. The summed E-state index contributed by atoms with van der Waals surface area (Å²) in [6.07, 6.45) is 1.13. The van der Waals surface area contributed by atoms with Gasteiger partial charge in [-0.25, -0.2) is 13.1 Å². The first-order chi connectivity index (χ1) is 9.28. The maximum absolute atomic E-state index is 12.3. The summed E-state index contributed by atoms with van der Waals surface area (Å²) in [7, 11) is -3.81. The summed E-state index contributed by atoms with van der Waals surface area (Å²) in [5.74, 6) is -0.337. The minimum Gasteiger partial charge on any atom is -0.329 e. The van der Waals surface area contributed by atoms with Gasteiger partial charge in [0.25, 0.3) is 10.0 Å². The van der Waals surface area contributed by atoms with Gasteiger partial charge in [0.15, 0.2) is 0 Å². The second kappa shape index (κ2) is 6.57. The van der Waals surface area contributed by atoms with Gasteiger partial charge < -0.3 is 11.1 Å². The average Bonchev–Trinajstić information content (AvgIpc) is 2.84. The Morgan fingerprint density at radius 1 is 1.35 bits per heavy atom. The van der Waals surface area contributed by atoms with E-state index in [1.165, 1.54) is 6.92 Å². The topological polar surface area (TPSA) is 127 Å². The summed E-state index contributed by atoms with van der Waals surface area (Å²) < 4.78 is 26.9. The Bertz CT molecular complexity index is 557. The van der Waals surface area contributed by atoms with E-state index in [0.29, 0.717) is 12.8 Å². The van der Waals surface area contributed by atoms with Crippen LogP contribution in [0.3, 0.4) is 0 Å². The van der Waals surface area contributed by atoms with Crippen LogP contribution in [-0.2, 0) is 14.8 Å². The fourth-order valence-electron chi connectivity index (χ4n) is 1.57. The van der Waals surface area contributed by atoms with Gasteiger partial charge in [-0.2, -0.15) is 0 Å². The summed E-state index contributed by atoms with van der Waals surface area (Å²) in [6.45, 7) is 5.22. The summed E-state index contributed by atoms with van der Waals surface area (Å²) >= 11 is 0.795. The molecule has 1 rings (SSSR count). The van der Waals surface area contributed by atoms with Crippen molar-refractivity contribution in [3.05, 3.63) is 0 Å². The Hall–Kier alpha value is -1.10. The molecule has 0 bridgehead atoms. The maximum atomic E-state index is 12.3. The van der Waals surface area contributed by atoms with Crippen LogP contribution in [0, 0.1) is 0 Å². The van der Waals surface area contributed by atoms with Crippen LogP contribution in [0.15, 0.2) is 4.34 Å². The van der Waals surface area contributed by atoms with Crippen LogP contribution in [0.25, 0.3) is 0 Å². The molecule has 0 saturated carbocycles. The Morgan fingerprint density at radius 2 is 1.95 bits per heavy atom. The van der Waals surface area contributed by atoms with Crippen molar-refractivity contribution in [1.29, 1.82) is 0 Å². The Kier molecular flexibility index (Phi) is 5.57. The Balaban J connectivity index is 2.99. The molecule has 1 aromatic rings. The predicted octanol–water partition coefficient (Wildman–Crippen LogP) is 0.292. The fourth-order valence-corrected chi connectivity index (χ4v) is 4.07. The number of sulfonamides is 1. The van der Waals surface area contributed by atoms with Gasteiger partial charge in [0.1, 0.15) is 0 Å². The molecule has 0 unspecified atom stereocenters. The molecule has 0 fully saturated rings. The number of carbonyl (C=O) groups excluding carboxylic acids is 1. The highest BCUT2D eigenvalue weighted by atomic mass is 32.2. The first-order valence-electron chi connectivity index (χ1n) is 6.13. The third-order valence-electron chi connectivity index (χ3n) is 3.01. The van der Waals surface area contributed by atoms with Crippen molar-refractivity contribution in [2.24, 2.45) is 5.73 Å². The minimum absolute atomic E-state index is 0.143. The van der Waals surface area contributed by atoms with E-state index in [-0.39, 0.29) is 21.9 Å². The van der Waals surface area contributed by atoms with Crippen molar-refractivity contribution in [3.8, 4) is 0 Å². The van der Waals surface area contributed by atoms with E-state index in [9.17, 15) is 13.2 Å². The van der Waals surface area contributed by atoms with Gasteiger partial charge in [-0.05, 0) is 12.8 Å². The normalized spacial score (nSPS) is 12.4. The molecular formula is C10H19N5O3S2. The number of hydrogen-bond donors (Lipinski definition) is 3. The molecule has 8 nitrogen and oxygen atoms in total. The van der Waals surface area contributed by atoms with E-state index >= 15 is 0 Å². The second-order valence-corrected chi connectivity index (χ2v) is 7.19. The second-order valence-electron chi connectivity index (χ2n) is 4.35. The number of rotatable bonds is 7. The lowest BCUT2D eigenvalue weighted by atomic mass is 9.95. The van der Waals surface area contributed by atoms with E-state index in [2.05, 4.69) is 20.2 Å². The zero-order valence-corrected chi connectivity index (χ0v) is 13.3. The highest BCUT2D eigenvalue weighted by Crippen LogP contribution is 2.23. The number of amides is 1. The van der Waals surface area contributed by atoms with E-state index < -0.39 is 15.6 Å². The standard InChI is InChI=1S/C10H19N5O3S2/c1-4-10(5-2,6-11)15-20(17,18)9-14-13-8(19-9)12-7(3)16/h15H,4-6,11H2,1-3H3,(H,12,13,16). The third kappa shape index (κ3) is 3.95. The van der Waals surface area contributed by atoms with Gasteiger partial charge in [-0.3, -0.25) is 4.79 Å². The molecule has 0 radical (unpaired) electrons. The molecule has 4 N–H and O–H groups in total. The summed E-state index contributed by atoms with van der Waals surface area (Å²) in [5.41, 5.74) is 4.97. The number of hydrogen-bond acceptors (Lipinski definition) is 7. The van der Waals surface area contributed by atoms with Crippen molar-refractivity contribution < 1.29 is 13.2 Å². The molecule has 114 valence electrons. The maximum Gasteiger partial charge on any atom is 0.270 e. The first kappa shape index (κ1) is 17.0. The Labute approximate surface area is 122 Å². The summed E-state index contributed by atoms with van der Waals surface area (Å²) in [6, 6.07) is 0. The molecule has 0 spiro atoms. The minimum atomic E-state index is -3.81. The van der Waals surface area contributed by atoms with Crippen LogP contribution in [0.5, 0.6) is 0 Å². The zero-order chi connectivity index (χ0) is 15.4. The fraction of sp³-hybridized carbons (Fsp3) is 0.700. The molecular weight excluding hydrogens is 302 g/mol. The number of carbonyl (C=O) groups is 1. The van der Waals surface area contributed by atoms with E-state index in [0.717, 1.165) is 11.3 Å².